The molecule has 0 amide bonds. The molecule has 0 saturated carbocycles. The summed E-state index contributed by atoms with van der Waals surface area (Å²) >= 11 is 0. The zero-order valence-corrected chi connectivity index (χ0v) is 13.0. The lowest BCUT2D eigenvalue weighted by Crippen LogP contribution is -2.51. The zero-order valence-electron chi connectivity index (χ0n) is 13.0. The summed E-state index contributed by atoms with van der Waals surface area (Å²) in [5.41, 5.74) is 5.98. The van der Waals surface area contributed by atoms with E-state index >= 15 is 0 Å². The molecule has 4 unspecified atom stereocenters. The molecule has 2 aliphatic heterocycles. The summed E-state index contributed by atoms with van der Waals surface area (Å²) in [6, 6.07) is 0.0599. The van der Waals surface area contributed by atoms with Crippen LogP contribution in [0.1, 0.15) is 41.0 Å². The lowest BCUT2D eigenvalue weighted by molar-refractivity contribution is -0.0800. The third-order valence-corrected chi connectivity index (χ3v) is 5.05. The number of hydrogen-bond donors (Lipinski definition) is 2. The highest BCUT2D eigenvalue weighted by Gasteiger charge is 2.52. The second-order valence-corrected chi connectivity index (χ2v) is 7.53. The van der Waals surface area contributed by atoms with Gasteiger partial charge in [-0.15, -0.1) is 0 Å². The first-order valence-electron chi connectivity index (χ1n) is 7.49. The first-order chi connectivity index (χ1) is 8.63. The molecule has 2 aliphatic rings. The Morgan fingerprint density at radius 3 is 2.37 bits per heavy atom. The number of ether oxygens (including phenoxy) is 1. The van der Waals surface area contributed by atoms with Crippen LogP contribution in [0.15, 0.2) is 0 Å². The van der Waals surface area contributed by atoms with E-state index in [0.29, 0.717) is 11.8 Å². The lowest BCUT2D eigenvalue weighted by atomic mass is 9.82. The van der Waals surface area contributed by atoms with E-state index in [4.69, 9.17) is 10.5 Å². The van der Waals surface area contributed by atoms with Gasteiger partial charge in [-0.25, -0.2) is 0 Å². The second-order valence-electron chi connectivity index (χ2n) is 7.53. The zero-order chi connectivity index (χ0) is 14.4. The molecule has 4 atom stereocenters. The van der Waals surface area contributed by atoms with Crippen molar-refractivity contribution in [3.05, 3.63) is 0 Å². The molecule has 0 aromatic rings. The molecule has 0 aromatic heterocycles. The molecule has 0 bridgehead atoms. The Bertz CT molecular complexity index is 330. The van der Waals surface area contributed by atoms with Gasteiger partial charge in [-0.3, -0.25) is 0 Å². The fourth-order valence-corrected chi connectivity index (χ4v) is 3.74. The molecule has 2 heterocycles. The van der Waals surface area contributed by atoms with Gasteiger partial charge < -0.3 is 20.5 Å². The van der Waals surface area contributed by atoms with Crippen LogP contribution in [-0.2, 0) is 4.74 Å². The molecule has 4 nitrogen and oxygen atoms in total. The Hall–Kier alpha value is -0.160. The van der Waals surface area contributed by atoms with Crippen LogP contribution in [-0.4, -0.2) is 53.0 Å². The highest BCUT2D eigenvalue weighted by atomic mass is 16.5. The maximum absolute atomic E-state index is 9.82. The van der Waals surface area contributed by atoms with Gasteiger partial charge in [0.05, 0.1) is 17.3 Å². The molecule has 0 aliphatic carbocycles. The van der Waals surface area contributed by atoms with Crippen LogP contribution in [0.5, 0.6) is 0 Å². The Morgan fingerprint density at radius 2 is 1.89 bits per heavy atom. The summed E-state index contributed by atoms with van der Waals surface area (Å²) in [5, 5.41) is 9.82. The van der Waals surface area contributed by atoms with Crippen molar-refractivity contribution in [3.63, 3.8) is 0 Å². The minimum Gasteiger partial charge on any atom is -0.393 e. The largest absolute Gasteiger partial charge is 0.393 e. The van der Waals surface area contributed by atoms with Crippen LogP contribution in [0.2, 0.25) is 0 Å². The average Bonchev–Trinajstić information content (AvgIpc) is 2.42. The molecule has 2 saturated heterocycles. The number of nitrogens with two attached hydrogens (primary N) is 1. The molecule has 112 valence electrons. The van der Waals surface area contributed by atoms with Crippen molar-refractivity contribution in [1.82, 2.24) is 4.90 Å². The van der Waals surface area contributed by atoms with Gasteiger partial charge in [0.2, 0.25) is 0 Å². The summed E-state index contributed by atoms with van der Waals surface area (Å²) in [7, 11) is 0. The monoisotopic (exact) mass is 270 g/mol. The van der Waals surface area contributed by atoms with Crippen molar-refractivity contribution in [2.24, 2.45) is 17.6 Å². The normalized spacial score (nSPS) is 42.5. The first kappa shape index (κ1) is 15.2. The van der Waals surface area contributed by atoms with E-state index < -0.39 is 0 Å². The van der Waals surface area contributed by atoms with E-state index in [0.717, 1.165) is 26.1 Å². The number of rotatable bonds is 2. The Kier molecular flexibility index (Phi) is 4.00. The molecule has 2 fully saturated rings. The van der Waals surface area contributed by atoms with Gasteiger partial charge in [0.15, 0.2) is 0 Å². The third kappa shape index (κ3) is 2.97. The molecule has 2 rings (SSSR count). The number of nitrogens with zero attached hydrogens (tertiary/aromatic N) is 1. The van der Waals surface area contributed by atoms with Gasteiger partial charge in [-0.1, -0.05) is 6.92 Å². The van der Waals surface area contributed by atoms with Crippen LogP contribution in [0, 0.1) is 11.8 Å². The minimum atomic E-state index is -0.255. The van der Waals surface area contributed by atoms with Crippen molar-refractivity contribution < 1.29 is 9.84 Å². The summed E-state index contributed by atoms with van der Waals surface area (Å²) in [6.07, 6.45) is 0.725. The van der Waals surface area contributed by atoms with E-state index in [1.54, 1.807) is 0 Å². The Balaban J connectivity index is 2.02. The van der Waals surface area contributed by atoms with Crippen molar-refractivity contribution in [3.8, 4) is 0 Å². The first-order valence-corrected chi connectivity index (χ1v) is 7.49. The topological polar surface area (TPSA) is 58.7 Å². The number of likely N-dealkylation sites (tertiary alicyclic amines) is 1. The predicted molar refractivity (Wildman–Crippen MR) is 76.9 cm³/mol. The van der Waals surface area contributed by atoms with Gasteiger partial charge in [0.1, 0.15) is 0 Å². The molecule has 0 aromatic carbocycles. The standard InChI is InChI=1S/C15H30N2O2/c1-10-8-17(7-6-12(10)18)9-11-13(16)15(4,5)19-14(11,2)3/h10-13,18H,6-9,16H2,1-5H3. The van der Waals surface area contributed by atoms with Gasteiger partial charge in [-0.2, -0.15) is 0 Å². The molecule has 3 N–H and O–H groups in total. The number of piperidine rings is 1. The molecule has 0 spiro atoms. The van der Waals surface area contributed by atoms with E-state index in [9.17, 15) is 5.11 Å². The number of aliphatic hydroxyl groups excluding tert-OH is 1. The molecular formula is C15H30N2O2. The van der Waals surface area contributed by atoms with E-state index in [2.05, 4.69) is 39.5 Å². The van der Waals surface area contributed by atoms with E-state index in [-0.39, 0.29) is 23.3 Å². The van der Waals surface area contributed by atoms with Crippen LogP contribution < -0.4 is 5.73 Å². The predicted octanol–water partition coefficient (Wildman–Crippen LogP) is 1.22. The van der Waals surface area contributed by atoms with Gasteiger partial charge in [0.25, 0.3) is 0 Å². The van der Waals surface area contributed by atoms with Gasteiger partial charge in [-0.05, 0) is 40.0 Å². The van der Waals surface area contributed by atoms with Crippen LogP contribution >= 0.6 is 0 Å². The fraction of sp³-hybridized carbons (Fsp3) is 1.00. The molecule has 19 heavy (non-hydrogen) atoms. The molecule has 4 heteroatoms. The minimum absolute atomic E-state index is 0.0599. The summed E-state index contributed by atoms with van der Waals surface area (Å²) < 4.78 is 6.15. The van der Waals surface area contributed by atoms with E-state index in [1.807, 2.05) is 0 Å². The SMILES string of the molecule is CC1CN(CC2C(N)C(C)(C)OC2(C)C)CCC1O. The van der Waals surface area contributed by atoms with Crippen molar-refractivity contribution in [2.75, 3.05) is 19.6 Å². The fourth-order valence-electron chi connectivity index (χ4n) is 3.74. The van der Waals surface area contributed by atoms with Crippen LogP contribution in [0.3, 0.4) is 0 Å². The Labute approximate surface area is 117 Å². The van der Waals surface area contributed by atoms with Crippen LogP contribution in [0.25, 0.3) is 0 Å². The van der Waals surface area contributed by atoms with E-state index in [1.165, 1.54) is 0 Å². The van der Waals surface area contributed by atoms with Crippen LogP contribution in [0.4, 0.5) is 0 Å². The summed E-state index contributed by atoms with van der Waals surface area (Å²) in [4.78, 5) is 2.44. The molecule has 0 radical (unpaired) electrons. The third-order valence-electron chi connectivity index (χ3n) is 5.05. The lowest BCUT2D eigenvalue weighted by Gasteiger charge is -2.38. The number of aliphatic hydroxyl groups is 1. The average molecular weight is 270 g/mol. The summed E-state index contributed by atoms with van der Waals surface area (Å²) in [5.74, 6) is 0.688. The highest BCUT2D eigenvalue weighted by molar-refractivity contribution is 5.05. The van der Waals surface area contributed by atoms with Crippen molar-refractivity contribution >= 4 is 0 Å². The Morgan fingerprint density at radius 1 is 1.26 bits per heavy atom. The second kappa shape index (κ2) is 4.99. The van der Waals surface area contributed by atoms with Crippen molar-refractivity contribution in [1.29, 1.82) is 0 Å². The number of hydrogen-bond acceptors (Lipinski definition) is 4. The highest BCUT2D eigenvalue weighted by Crippen LogP contribution is 2.41. The maximum Gasteiger partial charge on any atom is 0.0788 e. The van der Waals surface area contributed by atoms with Gasteiger partial charge >= 0.3 is 0 Å². The smallest absolute Gasteiger partial charge is 0.0788 e. The van der Waals surface area contributed by atoms with Crippen molar-refractivity contribution in [2.45, 2.75) is 64.4 Å². The quantitative estimate of drug-likeness (QED) is 0.792. The molecular weight excluding hydrogens is 240 g/mol. The van der Waals surface area contributed by atoms with Gasteiger partial charge in [0, 0.05) is 31.6 Å². The maximum atomic E-state index is 9.82. The summed E-state index contributed by atoms with van der Waals surface area (Å²) in [6.45, 7) is 13.5.